The quantitative estimate of drug-likeness (QED) is 0.792. The molecule has 0 amide bonds. The van der Waals surface area contributed by atoms with Crippen molar-refractivity contribution < 1.29 is 4.74 Å². The van der Waals surface area contributed by atoms with Crippen molar-refractivity contribution in [2.45, 2.75) is 32.6 Å². The summed E-state index contributed by atoms with van der Waals surface area (Å²) in [4.78, 5) is 4.84. The van der Waals surface area contributed by atoms with Crippen LogP contribution in [0.1, 0.15) is 41.1 Å². The fourth-order valence-electron chi connectivity index (χ4n) is 3.00. The van der Waals surface area contributed by atoms with E-state index < -0.39 is 0 Å². The lowest BCUT2D eigenvalue weighted by Crippen LogP contribution is -2.16. The first kappa shape index (κ1) is 13.1. The van der Waals surface area contributed by atoms with Crippen molar-refractivity contribution >= 4 is 10.9 Å². The van der Waals surface area contributed by atoms with E-state index in [4.69, 9.17) is 9.72 Å². The predicted octanol–water partition coefficient (Wildman–Crippen LogP) is 3.62. The molecule has 1 aliphatic rings. The van der Waals surface area contributed by atoms with Gasteiger partial charge in [-0.25, -0.2) is 0 Å². The fraction of sp³-hybridized carbons (Fsp3) is 0.412. The Hall–Kier alpha value is -1.92. The highest BCUT2D eigenvalue weighted by atomic mass is 16.5. The van der Waals surface area contributed by atoms with Crippen LogP contribution in [-0.4, -0.2) is 18.2 Å². The number of nitrogens with zero attached hydrogens (tertiary/aromatic N) is 2. The van der Waals surface area contributed by atoms with Crippen molar-refractivity contribution in [1.29, 1.82) is 5.26 Å². The molecule has 1 aromatic carbocycles. The number of ether oxygens (including phenoxy) is 1. The Balaban J connectivity index is 2.21. The van der Waals surface area contributed by atoms with Gasteiger partial charge < -0.3 is 4.74 Å². The molecule has 1 fully saturated rings. The molecule has 1 aliphatic heterocycles. The number of hydrogen-bond donors (Lipinski definition) is 0. The maximum Gasteiger partial charge on any atom is 0.100 e. The molecular weight excluding hydrogens is 248 g/mol. The van der Waals surface area contributed by atoms with Crippen LogP contribution >= 0.6 is 0 Å². The number of rotatable bonds is 1. The topological polar surface area (TPSA) is 45.9 Å². The molecule has 0 radical (unpaired) electrons. The molecular formula is C17H18N2O. The van der Waals surface area contributed by atoms with Gasteiger partial charge in [-0.2, -0.15) is 5.26 Å². The minimum Gasteiger partial charge on any atom is -0.381 e. The molecule has 1 saturated heterocycles. The van der Waals surface area contributed by atoms with Crippen LogP contribution in [0.25, 0.3) is 10.9 Å². The summed E-state index contributed by atoms with van der Waals surface area (Å²) >= 11 is 0. The van der Waals surface area contributed by atoms with Crippen molar-refractivity contribution in [2.75, 3.05) is 13.2 Å². The summed E-state index contributed by atoms with van der Waals surface area (Å²) in [6.07, 6.45) is 1.99. The number of pyridine rings is 1. The van der Waals surface area contributed by atoms with Gasteiger partial charge in [-0.05, 0) is 44.4 Å². The molecule has 3 nitrogen and oxygen atoms in total. The lowest BCUT2D eigenvalue weighted by Gasteiger charge is -2.24. The van der Waals surface area contributed by atoms with E-state index in [1.54, 1.807) is 0 Å². The maximum atomic E-state index is 9.53. The first-order valence-corrected chi connectivity index (χ1v) is 7.09. The van der Waals surface area contributed by atoms with E-state index in [-0.39, 0.29) is 0 Å². The number of fused-ring (bicyclic) bond motifs is 1. The molecule has 2 heterocycles. The number of aromatic nitrogens is 1. The summed E-state index contributed by atoms with van der Waals surface area (Å²) in [5.41, 5.74) is 4.99. The number of aryl methyl sites for hydroxylation is 1. The van der Waals surface area contributed by atoms with E-state index in [0.717, 1.165) is 59.3 Å². The zero-order valence-electron chi connectivity index (χ0n) is 11.9. The maximum absolute atomic E-state index is 9.53. The van der Waals surface area contributed by atoms with Crippen molar-refractivity contribution in [3.63, 3.8) is 0 Å². The Morgan fingerprint density at radius 1 is 1.25 bits per heavy atom. The summed E-state index contributed by atoms with van der Waals surface area (Å²) in [6.45, 7) is 5.65. The van der Waals surface area contributed by atoms with Gasteiger partial charge in [0, 0.05) is 30.2 Å². The molecule has 0 atom stereocenters. The molecule has 3 rings (SSSR count). The molecule has 2 aromatic rings. The molecule has 0 spiro atoms. The SMILES string of the molecule is Cc1ccc2nc(C3CCOCC3)c(C)c(C#N)c2c1. The Bertz CT molecular complexity index is 694. The monoisotopic (exact) mass is 266 g/mol. The van der Waals surface area contributed by atoms with Crippen LogP contribution in [0.4, 0.5) is 0 Å². The Labute approximate surface area is 119 Å². The smallest absolute Gasteiger partial charge is 0.100 e. The van der Waals surface area contributed by atoms with Crippen LogP contribution in [0.15, 0.2) is 18.2 Å². The van der Waals surface area contributed by atoms with Crippen LogP contribution < -0.4 is 0 Å². The van der Waals surface area contributed by atoms with Gasteiger partial charge in [0.1, 0.15) is 6.07 Å². The predicted molar refractivity (Wildman–Crippen MR) is 78.7 cm³/mol. The summed E-state index contributed by atoms with van der Waals surface area (Å²) < 4.78 is 5.43. The lowest BCUT2D eigenvalue weighted by molar-refractivity contribution is 0.0844. The van der Waals surface area contributed by atoms with Gasteiger partial charge >= 0.3 is 0 Å². The van der Waals surface area contributed by atoms with E-state index >= 15 is 0 Å². The Morgan fingerprint density at radius 2 is 2.00 bits per heavy atom. The van der Waals surface area contributed by atoms with Gasteiger partial charge in [-0.1, -0.05) is 11.6 Å². The first-order chi connectivity index (χ1) is 9.70. The third-order valence-corrected chi connectivity index (χ3v) is 4.14. The summed E-state index contributed by atoms with van der Waals surface area (Å²) in [5.74, 6) is 0.418. The van der Waals surface area contributed by atoms with E-state index in [2.05, 4.69) is 18.2 Å². The molecule has 0 N–H and O–H groups in total. The van der Waals surface area contributed by atoms with Gasteiger partial charge in [-0.15, -0.1) is 0 Å². The molecule has 0 aliphatic carbocycles. The van der Waals surface area contributed by atoms with Gasteiger partial charge in [0.15, 0.2) is 0 Å². The molecule has 0 saturated carbocycles. The molecule has 102 valence electrons. The molecule has 3 heteroatoms. The highest BCUT2D eigenvalue weighted by molar-refractivity contribution is 5.87. The van der Waals surface area contributed by atoms with Gasteiger partial charge in [-0.3, -0.25) is 4.98 Å². The summed E-state index contributed by atoms with van der Waals surface area (Å²) in [5, 5.41) is 10.5. The standard InChI is InChI=1S/C17H18N2O/c1-11-3-4-16-14(9-11)15(10-18)12(2)17(19-16)13-5-7-20-8-6-13/h3-4,9,13H,5-8H2,1-2H3. The first-order valence-electron chi connectivity index (χ1n) is 7.09. The van der Waals surface area contributed by atoms with Crippen LogP contribution in [0.3, 0.4) is 0 Å². The van der Waals surface area contributed by atoms with Crippen LogP contribution in [-0.2, 0) is 4.74 Å². The zero-order chi connectivity index (χ0) is 14.1. The highest BCUT2D eigenvalue weighted by Crippen LogP contribution is 2.32. The van der Waals surface area contributed by atoms with Crippen LogP contribution in [0.2, 0.25) is 0 Å². The van der Waals surface area contributed by atoms with Crippen molar-refractivity contribution in [3.05, 3.63) is 40.6 Å². The molecule has 0 unspecified atom stereocenters. The average molecular weight is 266 g/mol. The van der Waals surface area contributed by atoms with Gasteiger partial charge in [0.05, 0.1) is 11.1 Å². The van der Waals surface area contributed by atoms with Crippen LogP contribution in [0, 0.1) is 25.2 Å². The average Bonchev–Trinajstić information content (AvgIpc) is 2.48. The highest BCUT2D eigenvalue weighted by Gasteiger charge is 2.22. The normalized spacial score (nSPS) is 16.2. The van der Waals surface area contributed by atoms with Crippen molar-refractivity contribution in [2.24, 2.45) is 0 Å². The Kier molecular flexibility index (Phi) is 3.42. The Morgan fingerprint density at radius 3 is 2.70 bits per heavy atom. The second-order valence-corrected chi connectivity index (χ2v) is 5.52. The molecule has 20 heavy (non-hydrogen) atoms. The van der Waals surface area contributed by atoms with E-state index in [0.29, 0.717) is 5.92 Å². The molecule has 1 aromatic heterocycles. The fourth-order valence-corrected chi connectivity index (χ4v) is 3.00. The van der Waals surface area contributed by atoms with Crippen molar-refractivity contribution in [3.8, 4) is 6.07 Å². The number of benzene rings is 1. The summed E-state index contributed by atoms with van der Waals surface area (Å²) in [7, 11) is 0. The summed E-state index contributed by atoms with van der Waals surface area (Å²) in [6, 6.07) is 8.51. The third-order valence-electron chi connectivity index (χ3n) is 4.14. The van der Waals surface area contributed by atoms with Gasteiger partial charge in [0.2, 0.25) is 0 Å². The number of hydrogen-bond acceptors (Lipinski definition) is 3. The third kappa shape index (κ3) is 2.17. The minimum atomic E-state index is 0.418. The minimum absolute atomic E-state index is 0.418. The largest absolute Gasteiger partial charge is 0.381 e. The van der Waals surface area contributed by atoms with E-state index in [9.17, 15) is 5.26 Å². The second-order valence-electron chi connectivity index (χ2n) is 5.52. The van der Waals surface area contributed by atoms with Gasteiger partial charge in [0.25, 0.3) is 0 Å². The lowest BCUT2D eigenvalue weighted by atomic mass is 9.90. The van der Waals surface area contributed by atoms with E-state index in [1.165, 1.54) is 0 Å². The van der Waals surface area contributed by atoms with Crippen LogP contribution in [0.5, 0.6) is 0 Å². The molecule has 0 bridgehead atoms. The number of nitriles is 1. The van der Waals surface area contributed by atoms with E-state index in [1.807, 2.05) is 19.9 Å². The second kappa shape index (κ2) is 5.22. The zero-order valence-corrected chi connectivity index (χ0v) is 11.9. The van der Waals surface area contributed by atoms with Crippen molar-refractivity contribution in [1.82, 2.24) is 4.98 Å².